The molecule has 0 aliphatic carbocycles. The van der Waals surface area contributed by atoms with E-state index in [1.807, 2.05) is 6.07 Å². The smallest absolute Gasteiger partial charge is 0.410 e. The second-order valence-electron chi connectivity index (χ2n) is 3.69. The Labute approximate surface area is 82.2 Å². The van der Waals surface area contributed by atoms with Crippen molar-refractivity contribution in [3.05, 3.63) is 0 Å². The van der Waals surface area contributed by atoms with Crippen LogP contribution in [-0.2, 0) is 9.53 Å². The molecule has 1 heterocycles. The number of nitriles is 1. The number of likely N-dealkylation sites (tertiary alicyclic amines) is 1. The molecule has 1 rings (SSSR count). The first-order valence-corrected chi connectivity index (χ1v) is 4.24. The van der Waals surface area contributed by atoms with Gasteiger partial charge in [0.05, 0.1) is 13.2 Å². The predicted molar refractivity (Wildman–Crippen MR) is 47.3 cm³/mol. The number of ketones is 1. The van der Waals surface area contributed by atoms with Crippen LogP contribution in [0, 0.1) is 17.2 Å². The summed E-state index contributed by atoms with van der Waals surface area (Å²) in [5.41, 5.74) is -0.937. The van der Waals surface area contributed by atoms with Crippen molar-refractivity contribution >= 4 is 11.9 Å². The van der Waals surface area contributed by atoms with Gasteiger partial charge in [-0.25, -0.2) is 4.79 Å². The van der Waals surface area contributed by atoms with Gasteiger partial charge in [0.15, 0.2) is 5.78 Å². The zero-order valence-electron chi connectivity index (χ0n) is 8.40. The lowest BCUT2D eigenvalue weighted by atomic mass is 9.95. The predicted octanol–water partition coefficient (Wildman–Crippen LogP) is 0.556. The number of methoxy groups -OCH3 is 1. The van der Waals surface area contributed by atoms with Crippen LogP contribution in [0.1, 0.15) is 13.8 Å². The van der Waals surface area contributed by atoms with Crippen LogP contribution in [0.15, 0.2) is 0 Å². The SMILES string of the molecule is COC(=O)N1CC(C#N)C(=O)C1(C)C. The minimum absolute atomic E-state index is 0.120. The van der Waals surface area contributed by atoms with Gasteiger partial charge in [-0.2, -0.15) is 5.26 Å². The molecule has 5 heteroatoms. The molecule has 76 valence electrons. The molecule has 1 aliphatic rings. The summed E-state index contributed by atoms with van der Waals surface area (Å²) >= 11 is 0. The highest BCUT2D eigenvalue weighted by Crippen LogP contribution is 2.29. The topological polar surface area (TPSA) is 70.4 Å². The van der Waals surface area contributed by atoms with Crippen molar-refractivity contribution in [3.63, 3.8) is 0 Å². The number of Topliss-reactive ketones (excluding diaryl/α,β-unsaturated/α-hetero) is 1. The summed E-state index contributed by atoms with van der Waals surface area (Å²) in [6.07, 6.45) is -0.568. The van der Waals surface area contributed by atoms with Gasteiger partial charge in [0, 0.05) is 6.54 Å². The van der Waals surface area contributed by atoms with Crippen molar-refractivity contribution < 1.29 is 14.3 Å². The van der Waals surface area contributed by atoms with E-state index in [2.05, 4.69) is 4.74 Å². The van der Waals surface area contributed by atoms with E-state index in [-0.39, 0.29) is 12.3 Å². The normalized spacial score (nSPS) is 24.6. The van der Waals surface area contributed by atoms with E-state index in [0.29, 0.717) is 0 Å². The van der Waals surface area contributed by atoms with Crippen molar-refractivity contribution in [1.82, 2.24) is 4.90 Å². The molecule has 0 N–H and O–H groups in total. The van der Waals surface area contributed by atoms with Gasteiger partial charge in [-0.05, 0) is 13.8 Å². The third kappa shape index (κ3) is 1.33. The molecule has 1 aliphatic heterocycles. The molecule has 0 radical (unpaired) electrons. The van der Waals surface area contributed by atoms with E-state index >= 15 is 0 Å². The Morgan fingerprint density at radius 3 is 2.64 bits per heavy atom. The molecular formula is C9H12N2O3. The van der Waals surface area contributed by atoms with Crippen LogP contribution >= 0.6 is 0 Å². The summed E-state index contributed by atoms with van der Waals surface area (Å²) < 4.78 is 4.54. The largest absolute Gasteiger partial charge is 0.453 e. The van der Waals surface area contributed by atoms with Gasteiger partial charge < -0.3 is 4.74 Å². The Bertz CT molecular complexity index is 317. The average molecular weight is 196 g/mol. The Morgan fingerprint density at radius 2 is 2.29 bits per heavy atom. The van der Waals surface area contributed by atoms with Crippen LogP contribution in [0.2, 0.25) is 0 Å². The minimum atomic E-state index is -0.937. The Kier molecular flexibility index (Phi) is 2.47. The lowest BCUT2D eigenvalue weighted by Gasteiger charge is -2.27. The van der Waals surface area contributed by atoms with Crippen LogP contribution in [0.3, 0.4) is 0 Å². The number of carbonyl (C=O) groups is 2. The number of hydrogen-bond acceptors (Lipinski definition) is 4. The maximum Gasteiger partial charge on any atom is 0.410 e. The quantitative estimate of drug-likeness (QED) is 0.567. The summed E-state index contributed by atoms with van der Waals surface area (Å²) in [4.78, 5) is 24.2. The number of nitrogens with zero attached hydrogens (tertiary/aromatic N) is 2. The van der Waals surface area contributed by atoms with Crippen LogP contribution in [0.4, 0.5) is 4.79 Å². The Morgan fingerprint density at radius 1 is 1.71 bits per heavy atom. The molecule has 1 saturated heterocycles. The van der Waals surface area contributed by atoms with E-state index < -0.39 is 17.6 Å². The maximum atomic E-state index is 11.6. The van der Waals surface area contributed by atoms with Crippen LogP contribution in [-0.4, -0.2) is 36.0 Å². The molecule has 0 aromatic heterocycles. The number of hydrogen-bond donors (Lipinski definition) is 0. The highest BCUT2D eigenvalue weighted by atomic mass is 16.5. The summed E-state index contributed by atoms with van der Waals surface area (Å²) in [5.74, 6) is -0.963. The van der Waals surface area contributed by atoms with Gasteiger partial charge in [-0.15, -0.1) is 0 Å². The van der Waals surface area contributed by atoms with E-state index in [9.17, 15) is 9.59 Å². The molecule has 0 spiro atoms. The third-order valence-corrected chi connectivity index (χ3v) is 2.51. The Hall–Kier alpha value is -1.57. The first-order chi connectivity index (χ1) is 6.45. The van der Waals surface area contributed by atoms with Crippen LogP contribution in [0.5, 0.6) is 0 Å². The van der Waals surface area contributed by atoms with Gasteiger partial charge in [0.1, 0.15) is 11.5 Å². The molecular weight excluding hydrogens is 184 g/mol. The monoisotopic (exact) mass is 196 g/mol. The van der Waals surface area contributed by atoms with Gasteiger partial charge in [-0.3, -0.25) is 9.69 Å². The fourth-order valence-corrected chi connectivity index (χ4v) is 1.57. The molecule has 5 nitrogen and oxygen atoms in total. The first kappa shape index (κ1) is 10.5. The van der Waals surface area contributed by atoms with Crippen LogP contribution in [0.25, 0.3) is 0 Å². The number of carbonyl (C=O) groups excluding carboxylic acids is 2. The average Bonchev–Trinajstić information content (AvgIpc) is 2.38. The Balaban J connectivity index is 2.97. The fourth-order valence-electron chi connectivity index (χ4n) is 1.57. The zero-order chi connectivity index (χ0) is 10.9. The number of rotatable bonds is 0. The van der Waals surface area contributed by atoms with Crippen molar-refractivity contribution in [1.29, 1.82) is 5.26 Å². The van der Waals surface area contributed by atoms with Gasteiger partial charge in [0.25, 0.3) is 0 Å². The summed E-state index contributed by atoms with van der Waals surface area (Å²) in [6, 6.07) is 1.88. The van der Waals surface area contributed by atoms with E-state index in [4.69, 9.17) is 5.26 Å². The standard InChI is InChI=1S/C9H12N2O3/c1-9(2)7(12)6(4-10)5-11(9)8(13)14-3/h6H,5H2,1-3H3. The van der Waals surface area contributed by atoms with Gasteiger partial charge in [0.2, 0.25) is 0 Å². The van der Waals surface area contributed by atoms with Crippen molar-refractivity contribution in [3.8, 4) is 6.07 Å². The van der Waals surface area contributed by atoms with E-state index in [1.54, 1.807) is 13.8 Å². The molecule has 0 aromatic rings. The second-order valence-corrected chi connectivity index (χ2v) is 3.69. The molecule has 1 unspecified atom stereocenters. The fraction of sp³-hybridized carbons (Fsp3) is 0.667. The summed E-state index contributed by atoms with van der Waals surface area (Å²) in [6.45, 7) is 3.35. The molecule has 0 aromatic carbocycles. The second kappa shape index (κ2) is 3.29. The lowest BCUT2D eigenvalue weighted by molar-refractivity contribution is -0.124. The number of amides is 1. The van der Waals surface area contributed by atoms with Crippen molar-refractivity contribution in [2.45, 2.75) is 19.4 Å². The highest BCUT2D eigenvalue weighted by Gasteiger charge is 2.49. The summed E-state index contributed by atoms with van der Waals surface area (Å²) in [7, 11) is 1.25. The first-order valence-electron chi connectivity index (χ1n) is 4.24. The number of ether oxygens (including phenoxy) is 1. The van der Waals surface area contributed by atoms with E-state index in [1.165, 1.54) is 12.0 Å². The maximum absolute atomic E-state index is 11.6. The molecule has 1 fully saturated rings. The third-order valence-electron chi connectivity index (χ3n) is 2.51. The molecule has 1 atom stereocenters. The van der Waals surface area contributed by atoms with Crippen LogP contribution < -0.4 is 0 Å². The molecule has 0 saturated carbocycles. The zero-order valence-corrected chi connectivity index (χ0v) is 8.40. The summed E-state index contributed by atoms with van der Waals surface area (Å²) in [5, 5.41) is 8.69. The van der Waals surface area contributed by atoms with Gasteiger partial charge >= 0.3 is 6.09 Å². The van der Waals surface area contributed by atoms with Crippen molar-refractivity contribution in [2.24, 2.45) is 5.92 Å². The highest BCUT2D eigenvalue weighted by molar-refractivity contribution is 5.97. The van der Waals surface area contributed by atoms with Gasteiger partial charge in [-0.1, -0.05) is 0 Å². The van der Waals surface area contributed by atoms with Crippen molar-refractivity contribution in [2.75, 3.05) is 13.7 Å². The minimum Gasteiger partial charge on any atom is -0.453 e. The molecule has 0 bridgehead atoms. The molecule has 1 amide bonds. The van der Waals surface area contributed by atoms with E-state index in [0.717, 1.165) is 0 Å². The lowest BCUT2D eigenvalue weighted by Crippen LogP contribution is -2.46. The molecule has 14 heavy (non-hydrogen) atoms.